The van der Waals surface area contributed by atoms with E-state index < -0.39 is 0 Å². The average Bonchev–Trinajstić information content (AvgIpc) is 3.35. The molecule has 0 spiro atoms. The molecule has 3 saturated carbocycles. The summed E-state index contributed by atoms with van der Waals surface area (Å²) in [5.74, 6) is 1.69. The Bertz CT molecular complexity index is 486. The van der Waals surface area contributed by atoms with Crippen molar-refractivity contribution in [2.24, 2.45) is 5.92 Å². The van der Waals surface area contributed by atoms with Crippen LogP contribution >= 0.6 is 11.3 Å². The summed E-state index contributed by atoms with van der Waals surface area (Å²) in [5.41, 5.74) is 1.43. The van der Waals surface area contributed by atoms with Gasteiger partial charge in [0.25, 0.3) is 0 Å². The largest absolute Gasteiger partial charge is 0.348 e. The van der Waals surface area contributed by atoms with Crippen LogP contribution in [0.25, 0.3) is 0 Å². The Morgan fingerprint density at radius 3 is 2.57 bits per heavy atom. The van der Waals surface area contributed by atoms with Crippen LogP contribution in [0.4, 0.5) is 5.13 Å². The highest BCUT2D eigenvalue weighted by Gasteiger charge is 2.31. The summed E-state index contributed by atoms with van der Waals surface area (Å²) < 4.78 is 0. The van der Waals surface area contributed by atoms with E-state index in [0.29, 0.717) is 0 Å². The van der Waals surface area contributed by atoms with Crippen molar-refractivity contribution >= 4 is 16.5 Å². The SMILES string of the molecule is CCN(CC1CCC1)c1nc(C2CC2)c(CNC2CC2)s1. The Balaban J connectivity index is 1.48. The Hall–Kier alpha value is -0.610. The minimum Gasteiger partial charge on any atom is -0.348 e. The van der Waals surface area contributed by atoms with Gasteiger partial charge in [0.1, 0.15) is 0 Å². The summed E-state index contributed by atoms with van der Waals surface area (Å²) in [4.78, 5) is 9.11. The van der Waals surface area contributed by atoms with E-state index in [1.807, 2.05) is 11.3 Å². The molecule has 4 rings (SSSR count). The first-order valence-corrected chi connectivity index (χ1v) is 9.63. The summed E-state index contributed by atoms with van der Waals surface area (Å²) in [6, 6.07) is 0.792. The maximum Gasteiger partial charge on any atom is 0.185 e. The van der Waals surface area contributed by atoms with Gasteiger partial charge < -0.3 is 10.2 Å². The van der Waals surface area contributed by atoms with Crippen LogP contribution in [0.15, 0.2) is 0 Å². The maximum atomic E-state index is 5.06. The van der Waals surface area contributed by atoms with E-state index in [9.17, 15) is 0 Å². The van der Waals surface area contributed by atoms with Crippen LogP contribution in [0.3, 0.4) is 0 Å². The minimum absolute atomic E-state index is 0.772. The highest BCUT2D eigenvalue weighted by atomic mass is 32.1. The lowest BCUT2D eigenvalue weighted by Crippen LogP contribution is -2.32. The summed E-state index contributed by atoms with van der Waals surface area (Å²) in [7, 11) is 0. The zero-order chi connectivity index (χ0) is 14.2. The molecule has 1 aromatic heterocycles. The van der Waals surface area contributed by atoms with Crippen LogP contribution in [-0.2, 0) is 6.54 Å². The number of rotatable bonds is 8. The zero-order valence-electron chi connectivity index (χ0n) is 13.1. The lowest BCUT2D eigenvalue weighted by molar-refractivity contribution is 0.318. The molecular weight excluding hydrogens is 278 g/mol. The molecule has 1 aromatic rings. The molecule has 3 aliphatic rings. The van der Waals surface area contributed by atoms with Crippen molar-refractivity contribution in [2.45, 2.75) is 70.4 Å². The fourth-order valence-corrected chi connectivity index (χ4v) is 4.31. The fraction of sp³-hybridized carbons (Fsp3) is 0.824. The van der Waals surface area contributed by atoms with Crippen molar-refractivity contribution in [3.8, 4) is 0 Å². The summed E-state index contributed by atoms with van der Waals surface area (Å²) in [5, 5.41) is 4.97. The molecule has 3 aliphatic carbocycles. The van der Waals surface area contributed by atoms with E-state index in [0.717, 1.165) is 31.0 Å². The molecule has 0 aromatic carbocycles. The molecule has 3 fully saturated rings. The summed E-state index contributed by atoms with van der Waals surface area (Å²) >= 11 is 1.96. The van der Waals surface area contributed by atoms with Crippen molar-refractivity contribution in [1.82, 2.24) is 10.3 Å². The standard InChI is InChI=1S/C17H27N3S/c1-2-20(11-12-4-3-5-12)17-19-16(13-6-7-13)15(21-17)10-18-14-8-9-14/h12-14,18H,2-11H2,1H3. The molecule has 116 valence electrons. The number of aromatic nitrogens is 1. The Labute approximate surface area is 132 Å². The van der Waals surface area contributed by atoms with E-state index >= 15 is 0 Å². The molecule has 21 heavy (non-hydrogen) atoms. The zero-order valence-corrected chi connectivity index (χ0v) is 13.9. The van der Waals surface area contributed by atoms with Gasteiger partial charge in [-0.05, 0) is 51.4 Å². The first kappa shape index (κ1) is 14.0. The van der Waals surface area contributed by atoms with Gasteiger partial charge in [-0.1, -0.05) is 6.42 Å². The van der Waals surface area contributed by atoms with E-state index in [1.165, 1.54) is 67.2 Å². The van der Waals surface area contributed by atoms with Gasteiger partial charge in [-0.3, -0.25) is 0 Å². The monoisotopic (exact) mass is 305 g/mol. The second-order valence-electron chi connectivity index (χ2n) is 7.07. The van der Waals surface area contributed by atoms with Crippen LogP contribution < -0.4 is 10.2 Å². The Morgan fingerprint density at radius 2 is 2.00 bits per heavy atom. The predicted molar refractivity (Wildman–Crippen MR) is 89.2 cm³/mol. The first-order valence-electron chi connectivity index (χ1n) is 8.81. The smallest absolute Gasteiger partial charge is 0.185 e. The highest BCUT2D eigenvalue weighted by molar-refractivity contribution is 7.15. The van der Waals surface area contributed by atoms with Crippen molar-refractivity contribution in [2.75, 3.05) is 18.0 Å². The van der Waals surface area contributed by atoms with Crippen molar-refractivity contribution in [3.63, 3.8) is 0 Å². The van der Waals surface area contributed by atoms with E-state index in [2.05, 4.69) is 17.1 Å². The molecule has 0 radical (unpaired) electrons. The van der Waals surface area contributed by atoms with Gasteiger partial charge in [-0.2, -0.15) is 0 Å². The number of nitrogens with one attached hydrogen (secondary N) is 1. The van der Waals surface area contributed by atoms with Gasteiger partial charge >= 0.3 is 0 Å². The van der Waals surface area contributed by atoms with E-state index in [1.54, 1.807) is 0 Å². The van der Waals surface area contributed by atoms with Crippen LogP contribution in [0.1, 0.15) is 68.4 Å². The second-order valence-corrected chi connectivity index (χ2v) is 8.13. The highest BCUT2D eigenvalue weighted by Crippen LogP contribution is 2.44. The third-order valence-corrected chi connectivity index (χ3v) is 6.30. The number of nitrogens with zero attached hydrogens (tertiary/aromatic N) is 2. The summed E-state index contributed by atoms with van der Waals surface area (Å²) in [6.07, 6.45) is 9.73. The number of thiazole rings is 1. The van der Waals surface area contributed by atoms with Crippen LogP contribution in [0, 0.1) is 5.92 Å². The average molecular weight is 305 g/mol. The molecular formula is C17H27N3S. The van der Waals surface area contributed by atoms with Crippen LogP contribution in [0.5, 0.6) is 0 Å². The molecule has 0 unspecified atom stereocenters. The van der Waals surface area contributed by atoms with Crippen LogP contribution in [0.2, 0.25) is 0 Å². The third kappa shape index (κ3) is 3.26. The van der Waals surface area contributed by atoms with Gasteiger partial charge in [0.05, 0.1) is 5.69 Å². The van der Waals surface area contributed by atoms with Gasteiger partial charge in [0, 0.05) is 36.5 Å². The third-order valence-electron chi connectivity index (χ3n) is 5.16. The first-order chi connectivity index (χ1) is 10.3. The molecule has 0 aliphatic heterocycles. The van der Waals surface area contributed by atoms with E-state index in [4.69, 9.17) is 4.98 Å². The molecule has 0 atom stereocenters. The number of hydrogen-bond acceptors (Lipinski definition) is 4. The maximum absolute atomic E-state index is 5.06. The normalized spacial score (nSPS) is 22.3. The topological polar surface area (TPSA) is 28.2 Å². The fourth-order valence-electron chi connectivity index (χ4n) is 3.14. The number of hydrogen-bond donors (Lipinski definition) is 1. The molecule has 3 nitrogen and oxygen atoms in total. The van der Waals surface area contributed by atoms with Gasteiger partial charge in [-0.15, -0.1) is 11.3 Å². The van der Waals surface area contributed by atoms with Gasteiger partial charge in [0.15, 0.2) is 5.13 Å². The second kappa shape index (κ2) is 5.88. The molecule has 4 heteroatoms. The minimum atomic E-state index is 0.772. The molecule has 0 saturated heterocycles. The number of anilines is 1. The molecule has 1 heterocycles. The van der Waals surface area contributed by atoms with Crippen molar-refractivity contribution in [1.29, 1.82) is 0 Å². The Kier molecular flexibility index (Phi) is 3.92. The lowest BCUT2D eigenvalue weighted by atomic mass is 9.85. The molecule has 1 N–H and O–H groups in total. The van der Waals surface area contributed by atoms with Gasteiger partial charge in [-0.25, -0.2) is 4.98 Å². The quantitative estimate of drug-likeness (QED) is 0.789. The summed E-state index contributed by atoms with van der Waals surface area (Å²) in [6.45, 7) is 5.65. The van der Waals surface area contributed by atoms with Crippen molar-refractivity contribution < 1.29 is 0 Å². The van der Waals surface area contributed by atoms with Crippen LogP contribution in [-0.4, -0.2) is 24.1 Å². The van der Waals surface area contributed by atoms with Crippen molar-refractivity contribution in [3.05, 3.63) is 10.6 Å². The Morgan fingerprint density at radius 1 is 1.19 bits per heavy atom. The van der Waals surface area contributed by atoms with E-state index in [-0.39, 0.29) is 0 Å². The molecule has 0 bridgehead atoms. The molecule has 0 amide bonds. The predicted octanol–water partition coefficient (Wildman–Crippen LogP) is 3.90. The van der Waals surface area contributed by atoms with Gasteiger partial charge in [0.2, 0.25) is 0 Å². The lowest BCUT2D eigenvalue weighted by Gasteiger charge is -2.31.